The summed E-state index contributed by atoms with van der Waals surface area (Å²) in [4.78, 5) is 11.4. The molecule has 0 bridgehead atoms. The SMILES string of the molecule is CC(=O)O[C@H]1CC[C@@]2(C)[C@@H](CC[C@H]3[C@@H]2CC[C@]2(C)C(/C(C)=N/O)=CC[C@@H]32)C1. The van der Waals surface area contributed by atoms with E-state index in [1.54, 1.807) is 0 Å². The molecule has 150 valence electrons. The van der Waals surface area contributed by atoms with Crippen LogP contribution in [0.4, 0.5) is 0 Å². The summed E-state index contributed by atoms with van der Waals surface area (Å²) in [5.41, 5.74) is 2.67. The van der Waals surface area contributed by atoms with Crippen molar-refractivity contribution in [3.63, 3.8) is 0 Å². The van der Waals surface area contributed by atoms with E-state index >= 15 is 0 Å². The second-order valence-electron chi connectivity index (χ2n) is 10.2. The Bertz CT molecular complexity index is 683. The average Bonchev–Trinajstić information content (AvgIpc) is 2.98. The smallest absolute Gasteiger partial charge is 0.302 e. The molecule has 0 aliphatic heterocycles. The maximum absolute atomic E-state index is 11.4. The van der Waals surface area contributed by atoms with Gasteiger partial charge in [-0.05, 0) is 98.4 Å². The van der Waals surface area contributed by atoms with Crippen molar-refractivity contribution in [2.75, 3.05) is 0 Å². The number of ether oxygens (including phenoxy) is 1. The van der Waals surface area contributed by atoms with Crippen LogP contribution in [0.3, 0.4) is 0 Å². The van der Waals surface area contributed by atoms with Gasteiger partial charge < -0.3 is 9.94 Å². The first-order valence-corrected chi connectivity index (χ1v) is 10.9. The van der Waals surface area contributed by atoms with Crippen LogP contribution in [0.25, 0.3) is 0 Å². The largest absolute Gasteiger partial charge is 0.463 e. The number of allylic oxidation sites excluding steroid dienone is 2. The molecular formula is C23H35NO3. The van der Waals surface area contributed by atoms with Gasteiger partial charge in [0.15, 0.2) is 0 Å². The Labute approximate surface area is 163 Å². The highest BCUT2D eigenvalue weighted by Crippen LogP contribution is 2.66. The second-order valence-corrected chi connectivity index (χ2v) is 10.2. The molecule has 0 saturated heterocycles. The summed E-state index contributed by atoms with van der Waals surface area (Å²) in [5.74, 6) is 2.81. The van der Waals surface area contributed by atoms with Gasteiger partial charge in [-0.1, -0.05) is 25.1 Å². The van der Waals surface area contributed by atoms with Crippen molar-refractivity contribution in [3.05, 3.63) is 11.6 Å². The Morgan fingerprint density at radius 3 is 2.63 bits per heavy atom. The number of hydrogen-bond donors (Lipinski definition) is 1. The minimum absolute atomic E-state index is 0.129. The van der Waals surface area contributed by atoms with Crippen LogP contribution >= 0.6 is 0 Å². The molecule has 0 amide bonds. The van der Waals surface area contributed by atoms with Gasteiger partial charge in [-0.2, -0.15) is 0 Å². The zero-order chi connectivity index (χ0) is 19.4. The van der Waals surface area contributed by atoms with Crippen molar-refractivity contribution < 1.29 is 14.7 Å². The number of oxime groups is 1. The number of carbonyl (C=O) groups excluding carboxylic acids is 1. The normalized spacial score (nSPS) is 46.7. The predicted octanol–water partition coefficient (Wildman–Crippen LogP) is 5.35. The lowest BCUT2D eigenvalue weighted by atomic mass is 9.44. The Morgan fingerprint density at radius 2 is 1.93 bits per heavy atom. The third-order valence-electron chi connectivity index (χ3n) is 9.07. The van der Waals surface area contributed by atoms with Crippen LogP contribution in [0.5, 0.6) is 0 Å². The number of nitrogens with zero attached hydrogens (tertiary/aromatic N) is 1. The Morgan fingerprint density at radius 1 is 1.15 bits per heavy atom. The van der Waals surface area contributed by atoms with Gasteiger partial charge in [-0.25, -0.2) is 0 Å². The summed E-state index contributed by atoms with van der Waals surface area (Å²) < 4.78 is 5.58. The fourth-order valence-electron chi connectivity index (χ4n) is 7.74. The molecule has 0 aromatic heterocycles. The van der Waals surface area contributed by atoms with E-state index in [0.29, 0.717) is 17.3 Å². The van der Waals surface area contributed by atoms with Gasteiger partial charge >= 0.3 is 5.97 Å². The van der Waals surface area contributed by atoms with Gasteiger partial charge in [-0.15, -0.1) is 0 Å². The Hall–Kier alpha value is -1.32. The highest BCUT2D eigenvalue weighted by Gasteiger charge is 2.59. The van der Waals surface area contributed by atoms with Crippen molar-refractivity contribution in [2.45, 2.75) is 85.2 Å². The molecule has 3 saturated carbocycles. The van der Waals surface area contributed by atoms with Crippen molar-refractivity contribution in [2.24, 2.45) is 39.7 Å². The molecule has 3 fully saturated rings. The molecule has 4 nitrogen and oxygen atoms in total. The molecule has 0 radical (unpaired) electrons. The van der Waals surface area contributed by atoms with Crippen LogP contribution in [0.1, 0.15) is 79.1 Å². The van der Waals surface area contributed by atoms with E-state index in [9.17, 15) is 10.0 Å². The number of hydrogen-bond acceptors (Lipinski definition) is 4. The minimum Gasteiger partial charge on any atom is -0.463 e. The quantitative estimate of drug-likeness (QED) is 0.307. The van der Waals surface area contributed by atoms with E-state index in [-0.39, 0.29) is 17.5 Å². The third-order valence-corrected chi connectivity index (χ3v) is 9.07. The van der Waals surface area contributed by atoms with Crippen molar-refractivity contribution in [1.29, 1.82) is 0 Å². The van der Waals surface area contributed by atoms with Gasteiger partial charge in [-0.3, -0.25) is 4.79 Å². The van der Waals surface area contributed by atoms with Gasteiger partial charge in [0.1, 0.15) is 6.10 Å². The predicted molar refractivity (Wildman–Crippen MR) is 106 cm³/mol. The van der Waals surface area contributed by atoms with Gasteiger partial charge in [0, 0.05) is 6.92 Å². The van der Waals surface area contributed by atoms with Gasteiger partial charge in [0.05, 0.1) is 5.71 Å². The van der Waals surface area contributed by atoms with Crippen LogP contribution in [0.2, 0.25) is 0 Å². The zero-order valence-electron chi connectivity index (χ0n) is 17.3. The molecule has 0 unspecified atom stereocenters. The summed E-state index contributed by atoms with van der Waals surface area (Å²) in [6.07, 6.45) is 11.9. The lowest BCUT2D eigenvalue weighted by Crippen LogP contribution is -2.54. The monoisotopic (exact) mass is 373 g/mol. The lowest BCUT2D eigenvalue weighted by molar-refractivity contribution is -0.158. The van der Waals surface area contributed by atoms with Crippen molar-refractivity contribution in [3.8, 4) is 0 Å². The third kappa shape index (κ3) is 2.86. The first-order chi connectivity index (χ1) is 12.8. The Balaban J connectivity index is 1.54. The molecule has 4 aliphatic carbocycles. The molecule has 0 aromatic carbocycles. The van der Waals surface area contributed by atoms with E-state index < -0.39 is 0 Å². The molecular weight excluding hydrogens is 338 g/mol. The van der Waals surface area contributed by atoms with Gasteiger partial charge in [0.25, 0.3) is 0 Å². The summed E-state index contributed by atoms with van der Waals surface area (Å²) in [6.45, 7) is 8.42. The molecule has 0 spiro atoms. The molecule has 7 atom stereocenters. The molecule has 4 heteroatoms. The molecule has 4 rings (SSSR count). The van der Waals surface area contributed by atoms with Crippen LogP contribution in [-0.2, 0) is 9.53 Å². The standard InChI is InChI=1S/C23H35NO3/c1-14(24-26)19-7-8-20-18-6-5-16-13-17(27-15(2)25)9-11-22(16,3)21(18)10-12-23(19,20)4/h7,16-18,20-21,26H,5-6,8-13H2,1-4H3/b24-14+/t16-,17-,18+,20-,21-,22-,23+/m0/s1. The number of rotatable bonds is 2. The maximum Gasteiger partial charge on any atom is 0.302 e. The molecule has 0 heterocycles. The van der Waals surface area contributed by atoms with E-state index in [4.69, 9.17) is 4.74 Å². The second kappa shape index (κ2) is 6.63. The number of fused-ring (bicyclic) bond motifs is 5. The van der Waals surface area contributed by atoms with Gasteiger partial charge in [0.2, 0.25) is 0 Å². The molecule has 0 aromatic rings. The first-order valence-electron chi connectivity index (χ1n) is 10.9. The summed E-state index contributed by atoms with van der Waals surface area (Å²) in [6, 6.07) is 0. The topological polar surface area (TPSA) is 58.9 Å². The van der Waals surface area contributed by atoms with Crippen LogP contribution in [-0.4, -0.2) is 23.0 Å². The molecule has 1 N–H and O–H groups in total. The average molecular weight is 374 g/mol. The highest BCUT2D eigenvalue weighted by molar-refractivity contribution is 5.99. The van der Waals surface area contributed by atoms with Crippen molar-refractivity contribution >= 4 is 11.7 Å². The summed E-state index contributed by atoms with van der Waals surface area (Å²) >= 11 is 0. The molecule has 4 aliphatic rings. The number of carbonyl (C=O) groups is 1. The Kier molecular flexibility index (Phi) is 4.67. The fourth-order valence-corrected chi connectivity index (χ4v) is 7.74. The summed E-state index contributed by atoms with van der Waals surface area (Å²) in [5, 5.41) is 12.9. The van der Waals surface area contributed by atoms with E-state index in [1.165, 1.54) is 44.6 Å². The van der Waals surface area contributed by atoms with E-state index in [1.807, 2.05) is 6.92 Å². The molecule has 27 heavy (non-hydrogen) atoms. The fraction of sp³-hybridized carbons (Fsp3) is 0.826. The van der Waals surface area contributed by atoms with E-state index in [2.05, 4.69) is 25.1 Å². The first kappa shape index (κ1) is 19.0. The van der Waals surface area contributed by atoms with Crippen LogP contribution in [0, 0.1) is 34.5 Å². The minimum atomic E-state index is -0.129. The van der Waals surface area contributed by atoms with Crippen LogP contribution in [0.15, 0.2) is 16.8 Å². The van der Waals surface area contributed by atoms with Crippen LogP contribution < -0.4 is 0 Å². The highest BCUT2D eigenvalue weighted by atomic mass is 16.5. The lowest BCUT2D eigenvalue weighted by Gasteiger charge is -2.60. The zero-order valence-corrected chi connectivity index (χ0v) is 17.3. The van der Waals surface area contributed by atoms with Crippen molar-refractivity contribution in [1.82, 2.24) is 0 Å². The number of esters is 1. The summed E-state index contributed by atoms with van der Waals surface area (Å²) in [7, 11) is 0. The maximum atomic E-state index is 11.4. The van der Waals surface area contributed by atoms with E-state index in [0.717, 1.165) is 36.8 Å².